The van der Waals surface area contributed by atoms with Gasteiger partial charge in [-0.25, -0.2) is 4.79 Å². The first-order chi connectivity index (χ1) is 15.1. The number of methoxy groups -OCH3 is 1. The molecule has 2 N–H and O–H groups in total. The Hall–Kier alpha value is -2.62. The monoisotopic (exact) mass is 550 g/mol. The van der Waals surface area contributed by atoms with Gasteiger partial charge in [-0.1, -0.05) is 42.5 Å². The van der Waals surface area contributed by atoms with E-state index in [1.54, 1.807) is 19.2 Å². The molecule has 0 spiro atoms. The van der Waals surface area contributed by atoms with Crippen LogP contribution >= 0.6 is 24.0 Å². The number of rotatable bonds is 8. The normalized spacial score (nSPS) is 15.8. The Labute approximate surface area is 206 Å². The highest BCUT2D eigenvalue weighted by atomic mass is 127. The van der Waals surface area contributed by atoms with Crippen LogP contribution in [0.5, 0.6) is 0 Å². The molecule has 0 saturated carbocycles. The maximum atomic E-state index is 12.3. The van der Waals surface area contributed by atoms with Crippen molar-refractivity contribution in [2.45, 2.75) is 19.4 Å². The van der Waals surface area contributed by atoms with Crippen LogP contribution < -0.4 is 10.6 Å². The summed E-state index contributed by atoms with van der Waals surface area (Å²) in [5.41, 5.74) is 2.80. The van der Waals surface area contributed by atoms with Gasteiger partial charge in [-0.05, 0) is 29.7 Å². The number of esters is 1. The van der Waals surface area contributed by atoms with Crippen molar-refractivity contribution in [1.29, 1.82) is 0 Å². The third-order valence-corrected chi connectivity index (χ3v) is 5.42. The lowest BCUT2D eigenvalue weighted by molar-refractivity contribution is -0.127. The molecule has 1 unspecified atom stereocenters. The largest absolute Gasteiger partial charge is 0.465 e. The van der Waals surface area contributed by atoms with Gasteiger partial charge in [0.05, 0.1) is 12.7 Å². The molecular weight excluding hydrogens is 519 g/mol. The summed E-state index contributed by atoms with van der Waals surface area (Å²) < 4.78 is 4.71. The van der Waals surface area contributed by atoms with Gasteiger partial charge in [0.15, 0.2) is 5.96 Å². The van der Waals surface area contributed by atoms with Crippen LogP contribution in [0.4, 0.5) is 0 Å². The Bertz CT molecular complexity index is 903. The molecule has 7 nitrogen and oxygen atoms in total. The van der Waals surface area contributed by atoms with E-state index < -0.39 is 0 Å². The van der Waals surface area contributed by atoms with Gasteiger partial charge in [-0.2, -0.15) is 0 Å². The lowest BCUT2D eigenvalue weighted by atomic mass is 10.1. The standard InChI is InChI=1S/C24H30N4O3.HI/c1-25-24(26-15-19-8-10-21(11-9-19)23(30)31-2)27-16-20-14-22(29)28(17-20)13-12-18-6-4-3-5-7-18;/h3-11,20H,12-17H2,1-2H3,(H2,25,26,27);1H. The maximum Gasteiger partial charge on any atom is 0.337 e. The van der Waals surface area contributed by atoms with Gasteiger partial charge in [0.1, 0.15) is 0 Å². The second kappa shape index (κ2) is 13.0. The fourth-order valence-electron chi connectivity index (χ4n) is 3.64. The van der Waals surface area contributed by atoms with Crippen LogP contribution in [0.2, 0.25) is 0 Å². The van der Waals surface area contributed by atoms with Gasteiger partial charge in [0, 0.05) is 45.6 Å². The van der Waals surface area contributed by atoms with Crippen molar-refractivity contribution < 1.29 is 14.3 Å². The second-order valence-electron chi connectivity index (χ2n) is 7.64. The van der Waals surface area contributed by atoms with Crippen molar-refractivity contribution in [3.05, 3.63) is 71.3 Å². The number of ether oxygens (including phenoxy) is 1. The molecule has 3 rings (SSSR count). The predicted octanol–water partition coefficient (Wildman–Crippen LogP) is 2.85. The summed E-state index contributed by atoms with van der Waals surface area (Å²) in [5.74, 6) is 0.825. The zero-order chi connectivity index (χ0) is 22.1. The van der Waals surface area contributed by atoms with Crippen LogP contribution in [0.3, 0.4) is 0 Å². The summed E-state index contributed by atoms with van der Waals surface area (Å²) >= 11 is 0. The van der Waals surface area contributed by atoms with Gasteiger partial charge in [0.2, 0.25) is 5.91 Å². The van der Waals surface area contributed by atoms with Crippen molar-refractivity contribution in [2.75, 3.05) is 33.8 Å². The molecule has 0 aromatic heterocycles. The van der Waals surface area contributed by atoms with Crippen molar-refractivity contribution in [3.63, 3.8) is 0 Å². The summed E-state index contributed by atoms with van der Waals surface area (Å²) in [6, 6.07) is 17.5. The fraction of sp³-hybridized carbons (Fsp3) is 0.375. The first kappa shape index (κ1) is 25.6. The molecule has 172 valence electrons. The van der Waals surface area contributed by atoms with Gasteiger partial charge in [-0.15, -0.1) is 24.0 Å². The number of hydrogen-bond donors (Lipinski definition) is 2. The average molecular weight is 550 g/mol. The summed E-state index contributed by atoms with van der Waals surface area (Å²) in [5, 5.41) is 6.59. The van der Waals surface area contributed by atoms with Crippen LogP contribution in [-0.4, -0.2) is 56.5 Å². The first-order valence-electron chi connectivity index (χ1n) is 10.5. The van der Waals surface area contributed by atoms with Gasteiger partial charge in [-0.3, -0.25) is 9.79 Å². The fourth-order valence-corrected chi connectivity index (χ4v) is 3.64. The highest BCUT2D eigenvalue weighted by Crippen LogP contribution is 2.17. The Morgan fingerprint density at radius 3 is 2.47 bits per heavy atom. The van der Waals surface area contributed by atoms with E-state index in [2.05, 4.69) is 27.8 Å². The van der Waals surface area contributed by atoms with Gasteiger partial charge < -0.3 is 20.3 Å². The van der Waals surface area contributed by atoms with E-state index in [4.69, 9.17) is 4.74 Å². The Morgan fingerprint density at radius 2 is 1.81 bits per heavy atom. The minimum Gasteiger partial charge on any atom is -0.465 e. The number of amides is 1. The lowest BCUT2D eigenvalue weighted by Crippen LogP contribution is -2.40. The number of likely N-dealkylation sites (tertiary alicyclic amines) is 1. The molecule has 0 aliphatic carbocycles. The van der Waals surface area contributed by atoms with Gasteiger partial charge in [0.25, 0.3) is 0 Å². The molecule has 1 heterocycles. The Kier molecular flexibility index (Phi) is 10.5. The lowest BCUT2D eigenvalue weighted by Gasteiger charge is -2.18. The molecule has 8 heteroatoms. The quantitative estimate of drug-likeness (QED) is 0.229. The molecule has 1 amide bonds. The summed E-state index contributed by atoms with van der Waals surface area (Å²) in [4.78, 5) is 30.1. The van der Waals surface area contributed by atoms with Gasteiger partial charge >= 0.3 is 5.97 Å². The van der Waals surface area contributed by atoms with Crippen molar-refractivity contribution in [1.82, 2.24) is 15.5 Å². The number of aliphatic imine (C=N–C) groups is 1. The molecule has 0 bridgehead atoms. The van der Waals surface area contributed by atoms with Crippen molar-refractivity contribution in [2.24, 2.45) is 10.9 Å². The SMILES string of the molecule is CN=C(NCc1ccc(C(=O)OC)cc1)NCC1CC(=O)N(CCc2ccccc2)C1.I. The van der Waals surface area contributed by atoms with Crippen LogP contribution in [0, 0.1) is 5.92 Å². The molecular formula is C24H31IN4O3. The third-order valence-electron chi connectivity index (χ3n) is 5.42. The van der Waals surface area contributed by atoms with E-state index in [-0.39, 0.29) is 41.8 Å². The average Bonchev–Trinajstić information content (AvgIpc) is 3.17. The second-order valence-corrected chi connectivity index (χ2v) is 7.64. The van der Waals surface area contributed by atoms with Crippen LogP contribution in [-0.2, 0) is 22.5 Å². The first-order valence-corrected chi connectivity index (χ1v) is 10.5. The molecule has 1 saturated heterocycles. The number of carbonyl (C=O) groups is 2. The highest BCUT2D eigenvalue weighted by Gasteiger charge is 2.29. The van der Waals surface area contributed by atoms with E-state index in [1.165, 1.54) is 12.7 Å². The van der Waals surface area contributed by atoms with Crippen molar-refractivity contribution in [3.8, 4) is 0 Å². The van der Waals surface area contributed by atoms with Crippen LogP contribution in [0.25, 0.3) is 0 Å². The molecule has 1 fully saturated rings. The Balaban J connectivity index is 0.00000363. The maximum absolute atomic E-state index is 12.3. The molecule has 1 aliphatic heterocycles. The minimum atomic E-state index is -0.346. The molecule has 32 heavy (non-hydrogen) atoms. The highest BCUT2D eigenvalue weighted by molar-refractivity contribution is 14.0. The molecule has 0 radical (unpaired) electrons. The van der Waals surface area contributed by atoms with E-state index >= 15 is 0 Å². The number of carbonyl (C=O) groups excluding carboxylic acids is 2. The summed E-state index contributed by atoms with van der Waals surface area (Å²) in [6.45, 7) is 2.79. The van der Waals surface area contributed by atoms with E-state index in [1.807, 2.05) is 35.2 Å². The Morgan fingerprint density at radius 1 is 1.09 bits per heavy atom. The van der Waals surface area contributed by atoms with E-state index in [0.717, 1.165) is 25.1 Å². The molecule has 1 atom stereocenters. The zero-order valence-corrected chi connectivity index (χ0v) is 20.9. The predicted molar refractivity (Wildman–Crippen MR) is 136 cm³/mol. The van der Waals surface area contributed by atoms with E-state index in [0.29, 0.717) is 31.0 Å². The number of nitrogens with zero attached hydrogens (tertiary/aromatic N) is 2. The molecule has 2 aromatic rings. The number of hydrogen-bond acceptors (Lipinski definition) is 4. The topological polar surface area (TPSA) is 83.0 Å². The third kappa shape index (κ3) is 7.51. The van der Waals surface area contributed by atoms with E-state index in [9.17, 15) is 9.59 Å². The zero-order valence-electron chi connectivity index (χ0n) is 18.5. The number of halogens is 1. The summed E-state index contributed by atoms with van der Waals surface area (Å²) in [7, 11) is 3.09. The number of nitrogens with one attached hydrogen (secondary N) is 2. The number of benzene rings is 2. The molecule has 2 aromatic carbocycles. The van der Waals surface area contributed by atoms with Crippen molar-refractivity contribution >= 4 is 41.8 Å². The smallest absolute Gasteiger partial charge is 0.337 e. The molecule has 1 aliphatic rings. The van der Waals surface area contributed by atoms with Crippen LogP contribution in [0.15, 0.2) is 59.6 Å². The minimum absolute atomic E-state index is 0. The number of guanidine groups is 1. The van der Waals surface area contributed by atoms with Crippen LogP contribution in [0.1, 0.15) is 27.9 Å². The summed E-state index contributed by atoms with van der Waals surface area (Å²) in [6.07, 6.45) is 1.44.